The zero-order chi connectivity index (χ0) is 18.5. The van der Waals surface area contributed by atoms with Crippen molar-refractivity contribution in [2.75, 3.05) is 0 Å². The fourth-order valence-electron chi connectivity index (χ4n) is 3.26. The number of carbonyl (C=O) groups is 1. The van der Waals surface area contributed by atoms with Crippen LogP contribution in [0.1, 0.15) is 27.2 Å². The normalized spacial score (nSPS) is 13.2. The molecule has 0 aliphatic rings. The Morgan fingerprint density at radius 3 is 1.84 bits per heavy atom. The fraction of sp³-hybridized carbons (Fsp3) is 0.286. The van der Waals surface area contributed by atoms with E-state index in [0.717, 1.165) is 10.4 Å². The third kappa shape index (κ3) is 4.09. The van der Waals surface area contributed by atoms with Crippen LogP contribution in [0.4, 0.5) is 0 Å². The van der Waals surface area contributed by atoms with E-state index >= 15 is 0 Å². The highest BCUT2D eigenvalue weighted by Gasteiger charge is 2.51. The van der Waals surface area contributed by atoms with Crippen LogP contribution in [0.15, 0.2) is 73.3 Å². The van der Waals surface area contributed by atoms with E-state index in [1.165, 1.54) is 0 Å². The summed E-state index contributed by atoms with van der Waals surface area (Å²) in [6.07, 6.45) is 0.977. The summed E-state index contributed by atoms with van der Waals surface area (Å²) >= 11 is 0. The van der Waals surface area contributed by atoms with Crippen LogP contribution in [0.5, 0.6) is 0 Å². The molecule has 2 aromatic carbocycles. The molecule has 0 unspecified atom stereocenters. The molecule has 0 amide bonds. The topological polar surface area (TPSA) is 46.5 Å². The Morgan fingerprint density at radius 2 is 1.52 bits per heavy atom. The summed E-state index contributed by atoms with van der Waals surface area (Å²) in [5.74, 6) is -0.886. The molecule has 0 saturated carbocycles. The van der Waals surface area contributed by atoms with E-state index in [2.05, 4.69) is 51.6 Å². The van der Waals surface area contributed by atoms with Crippen molar-refractivity contribution in [2.45, 2.75) is 38.3 Å². The van der Waals surface area contributed by atoms with Gasteiger partial charge < -0.3 is 9.53 Å². The molecule has 1 N–H and O–H groups in total. The lowest BCUT2D eigenvalue weighted by molar-refractivity contribution is -0.138. The Hall–Kier alpha value is -2.17. The largest absolute Gasteiger partial charge is 0.481 e. The first-order chi connectivity index (χ1) is 11.8. The monoisotopic (exact) mass is 354 g/mol. The second-order valence-electron chi connectivity index (χ2n) is 7.15. The van der Waals surface area contributed by atoms with Gasteiger partial charge >= 0.3 is 5.97 Å². The van der Waals surface area contributed by atoms with Gasteiger partial charge in [-0.15, -0.1) is 6.58 Å². The van der Waals surface area contributed by atoms with E-state index in [-0.39, 0.29) is 11.5 Å². The average molecular weight is 355 g/mol. The van der Waals surface area contributed by atoms with Crippen LogP contribution in [-0.2, 0) is 9.22 Å². The third-order valence-corrected chi connectivity index (χ3v) is 9.45. The maximum atomic E-state index is 11.3. The Morgan fingerprint density at radius 1 is 1.08 bits per heavy atom. The number of hydrogen-bond acceptors (Lipinski definition) is 2. The molecule has 0 aliphatic heterocycles. The second-order valence-corrected chi connectivity index (χ2v) is 11.4. The van der Waals surface area contributed by atoms with Gasteiger partial charge in [0.1, 0.15) is 0 Å². The van der Waals surface area contributed by atoms with Gasteiger partial charge in [-0.25, -0.2) is 0 Å². The van der Waals surface area contributed by atoms with E-state index in [1.54, 1.807) is 6.08 Å². The van der Waals surface area contributed by atoms with Crippen molar-refractivity contribution in [1.29, 1.82) is 0 Å². The Bertz CT molecular complexity index is 665. The lowest BCUT2D eigenvalue weighted by Crippen LogP contribution is -2.67. The van der Waals surface area contributed by atoms with E-state index in [0.29, 0.717) is 0 Å². The number of rotatable bonds is 7. The first kappa shape index (κ1) is 19.2. The summed E-state index contributed by atoms with van der Waals surface area (Å²) in [7, 11) is -2.73. The van der Waals surface area contributed by atoms with Gasteiger partial charge in [-0.05, 0) is 15.4 Å². The minimum atomic E-state index is -2.73. The molecule has 25 heavy (non-hydrogen) atoms. The molecule has 132 valence electrons. The second kappa shape index (κ2) is 7.81. The van der Waals surface area contributed by atoms with E-state index in [4.69, 9.17) is 4.43 Å². The van der Waals surface area contributed by atoms with E-state index in [1.807, 2.05) is 36.4 Å². The van der Waals surface area contributed by atoms with Crippen LogP contribution in [0.2, 0.25) is 5.04 Å². The van der Waals surface area contributed by atoms with Gasteiger partial charge in [-0.2, -0.15) is 0 Å². The number of benzene rings is 2. The molecule has 3 nitrogen and oxygen atoms in total. The summed E-state index contributed by atoms with van der Waals surface area (Å²) in [6, 6.07) is 20.4. The van der Waals surface area contributed by atoms with Gasteiger partial charge in [0.05, 0.1) is 12.5 Å². The zero-order valence-electron chi connectivity index (χ0n) is 15.1. The molecule has 0 aromatic heterocycles. The molecular weight excluding hydrogens is 328 g/mol. The molecular formula is C21H26O3Si. The summed E-state index contributed by atoms with van der Waals surface area (Å²) in [4.78, 5) is 11.3. The zero-order valence-corrected chi connectivity index (χ0v) is 16.1. The standard InChI is InChI=1S/C21H26O3Si/c1-5-17(16-20(22)23)24-25(21(2,3)4,18-12-8-6-9-13-18)19-14-10-7-11-15-19/h5-15,17H,1,16H2,2-4H3,(H,22,23)/t17-/m0/s1. The van der Waals surface area contributed by atoms with Gasteiger partial charge in [-0.1, -0.05) is 87.5 Å². The first-order valence-corrected chi connectivity index (χ1v) is 10.4. The molecule has 4 heteroatoms. The van der Waals surface area contributed by atoms with Crippen molar-refractivity contribution >= 4 is 24.7 Å². The molecule has 0 spiro atoms. The molecule has 0 aliphatic carbocycles. The van der Waals surface area contributed by atoms with Crippen molar-refractivity contribution in [3.63, 3.8) is 0 Å². The first-order valence-electron chi connectivity index (χ1n) is 8.44. The molecule has 0 heterocycles. The molecule has 0 saturated heterocycles. The number of carboxylic acid groups (broad SMARTS) is 1. The Kier molecular flexibility index (Phi) is 5.98. The van der Waals surface area contributed by atoms with Crippen molar-refractivity contribution < 1.29 is 14.3 Å². The maximum Gasteiger partial charge on any atom is 0.306 e. The lowest BCUT2D eigenvalue weighted by atomic mass is 10.2. The highest BCUT2D eigenvalue weighted by atomic mass is 28.4. The van der Waals surface area contributed by atoms with Crippen LogP contribution in [-0.4, -0.2) is 25.5 Å². The fourth-order valence-corrected chi connectivity index (χ4v) is 7.91. The van der Waals surface area contributed by atoms with Gasteiger partial charge in [0.15, 0.2) is 0 Å². The highest BCUT2D eigenvalue weighted by Crippen LogP contribution is 2.37. The highest BCUT2D eigenvalue weighted by molar-refractivity contribution is 6.99. The average Bonchev–Trinajstić information content (AvgIpc) is 2.58. The van der Waals surface area contributed by atoms with Crippen molar-refractivity contribution in [1.82, 2.24) is 0 Å². The number of aliphatic carboxylic acids is 1. The van der Waals surface area contributed by atoms with Gasteiger partial charge in [0.2, 0.25) is 0 Å². The smallest absolute Gasteiger partial charge is 0.306 e. The van der Waals surface area contributed by atoms with Crippen molar-refractivity contribution in [2.24, 2.45) is 0 Å². The van der Waals surface area contributed by atoms with Crippen LogP contribution < -0.4 is 10.4 Å². The summed E-state index contributed by atoms with van der Waals surface area (Å²) in [6.45, 7) is 10.3. The minimum Gasteiger partial charge on any atom is -0.481 e. The maximum absolute atomic E-state index is 11.3. The molecule has 2 rings (SSSR count). The Balaban J connectivity index is 2.68. The molecule has 2 aromatic rings. The van der Waals surface area contributed by atoms with Crippen molar-refractivity contribution in [3.05, 3.63) is 73.3 Å². The summed E-state index contributed by atoms with van der Waals surface area (Å²) < 4.78 is 6.67. The van der Waals surface area contributed by atoms with E-state index in [9.17, 15) is 9.90 Å². The molecule has 1 atom stereocenters. The molecule has 0 bridgehead atoms. The summed E-state index contributed by atoms with van der Waals surface area (Å²) in [5.41, 5.74) is 0. The quantitative estimate of drug-likeness (QED) is 0.610. The molecule has 0 fully saturated rings. The van der Waals surface area contributed by atoms with Gasteiger partial charge in [0.25, 0.3) is 8.32 Å². The minimum absolute atomic E-state index is 0.0893. The number of carboxylic acids is 1. The van der Waals surface area contributed by atoms with E-state index < -0.39 is 20.4 Å². The van der Waals surface area contributed by atoms with Crippen LogP contribution >= 0.6 is 0 Å². The Labute approximate surface area is 151 Å². The van der Waals surface area contributed by atoms with Crippen LogP contribution in [0, 0.1) is 0 Å². The SMILES string of the molecule is C=C[C@@H](CC(=O)O)O[Si](c1ccccc1)(c1ccccc1)C(C)(C)C. The number of hydrogen-bond donors (Lipinski definition) is 1. The lowest BCUT2D eigenvalue weighted by Gasteiger charge is -2.44. The van der Waals surface area contributed by atoms with Crippen LogP contribution in [0.25, 0.3) is 0 Å². The summed E-state index contributed by atoms with van der Waals surface area (Å²) in [5, 5.41) is 11.3. The molecule has 0 radical (unpaired) electrons. The van der Waals surface area contributed by atoms with Gasteiger partial charge in [0, 0.05) is 0 Å². The van der Waals surface area contributed by atoms with Gasteiger partial charge in [-0.3, -0.25) is 4.79 Å². The third-order valence-electron chi connectivity index (χ3n) is 4.38. The predicted molar refractivity (Wildman–Crippen MR) is 105 cm³/mol. The van der Waals surface area contributed by atoms with Crippen molar-refractivity contribution in [3.8, 4) is 0 Å². The predicted octanol–water partition coefficient (Wildman–Crippen LogP) is 3.59. The van der Waals surface area contributed by atoms with Crippen LogP contribution in [0.3, 0.4) is 0 Å².